The molecule has 3 aromatic rings. The van der Waals surface area contributed by atoms with Crippen molar-refractivity contribution in [1.82, 2.24) is 34.3 Å². The van der Waals surface area contributed by atoms with Gasteiger partial charge in [0.05, 0.1) is 12.2 Å². The molecule has 1 aliphatic carbocycles. The molecule has 8 nitrogen and oxygen atoms in total. The van der Waals surface area contributed by atoms with Crippen LogP contribution < -0.4 is 4.90 Å². The van der Waals surface area contributed by atoms with Crippen LogP contribution in [0.4, 0.5) is 5.82 Å². The largest absolute Gasteiger partial charge is 0.341 e. The highest BCUT2D eigenvalue weighted by atomic mass is 35.5. The minimum Gasteiger partial charge on any atom is -0.341 e. The molecule has 0 bridgehead atoms. The third-order valence-electron chi connectivity index (χ3n) is 5.37. The number of fused-ring (bicyclic) bond motifs is 3. The molecular weight excluding hydrogens is 352 g/mol. The molecule has 1 saturated carbocycles. The zero-order chi connectivity index (χ0) is 17.7. The maximum absolute atomic E-state index is 6.17. The maximum atomic E-state index is 6.17. The highest BCUT2D eigenvalue weighted by Crippen LogP contribution is 2.42. The molecule has 0 unspecified atom stereocenters. The highest BCUT2D eigenvalue weighted by Gasteiger charge is 2.38. The van der Waals surface area contributed by atoms with E-state index in [1.807, 2.05) is 10.8 Å². The van der Waals surface area contributed by atoms with Crippen molar-refractivity contribution in [2.75, 3.05) is 4.90 Å². The van der Waals surface area contributed by atoms with E-state index in [1.165, 1.54) is 25.7 Å². The molecule has 1 atom stereocenters. The van der Waals surface area contributed by atoms with Crippen molar-refractivity contribution in [3.8, 4) is 11.6 Å². The second-order valence-electron chi connectivity index (χ2n) is 6.77. The van der Waals surface area contributed by atoms with Crippen LogP contribution in [0.25, 0.3) is 11.6 Å². The molecule has 0 saturated heterocycles. The van der Waals surface area contributed by atoms with Gasteiger partial charge in [0.2, 0.25) is 11.2 Å². The predicted octanol–water partition coefficient (Wildman–Crippen LogP) is 3.11. The lowest BCUT2D eigenvalue weighted by Gasteiger charge is -2.40. The van der Waals surface area contributed by atoms with Crippen LogP contribution in [0.1, 0.15) is 50.9 Å². The molecule has 26 heavy (non-hydrogen) atoms. The molecule has 0 amide bonds. The molecule has 3 aromatic heterocycles. The Bertz CT molecular complexity index is 942. The summed E-state index contributed by atoms with van der Waals surface area (Å²) in [6.45, 7) is 2.19. The first-order chi connectivity index (χ1) is 12.8. The minimum atomic E-state index is 0.161. The quantitative estimate of drug-likeness (QED) is 0.705. The molecule has 0 aromatic carbocycles. The van der Waals surface area contributed by atoms with Crippen LogP contribution in [-0.2, 0) is 0 Å². The summed E-state index contributed by atoms with van der Waals surface area (Å²) < 4.78 is 3.70. The fourth-order valence-corrected chi connectivity index (χ4v) is 4.37. The number of aromatic nitrogens is 7. The molecule has 9 heteroatoms. The number of hydrogen-bond donors (Lipinski definition) is 0. The van der Waals surface area contributed by atoms with Crippen LogP contribution >= 0.6 is 11.6 Å². The van der Waals surface area contributed by atoms with Gasteiger partial charge in [0, 0.05) is 18.4 Å². The number of rotatable bonds is 3. The van der Waals surface area contributed by atoms with Crippen LogP contribution in [0.2, 0.25) is 5.28 Å². The number of halogens is 1. The SMILES string of the molecule is CC[C@@H]1c2nncn2-c2cnc(-n3ccnc3Cl)nc2N1C1CCCC1. The highest BCUT2D eigenvalue weighted by molar-refractivity contribution is 6.28. The first-order valence-corrected chi connectivity index (χ1v) is 9.40. The van der Waals surface area contributed by atoms with Gasteiger partial charge in [0.25, 0.3) is 0 Å². The lowest BCUT2D eigenvalue weighted by molar-refractivity contribution is 0.468. The Hall–Kier alpha value is -2.48. The smallest absolute Gasteiger partial charge is 0.238 e. The first-order valence-electron chi connectivity index (χ1n) is 9.02. The van der Waals surface area contributed by atoms with Gasteiger partial charge in [-0.15, -0.1) is 10.2 Å². The van der Waals surface area contributed by atoms with Crippen molar-refractivity contribution in [2.24, 2.45) is 0 Å². The Morgan fingerprint density at radius 3 is 2.77 bits per heavy atom. The fraction of sp³-hybridized carbons (Fsp3) is 0.471. The van der Waals surface area contributed by atoms with Crippen molar-refractivity contribution >= 4 is 17.4 Å². The van der Waals surface area contributed by atoms with Gasteiger partial charge in [-0.05, 0) is 30.9 Å². The molecule has 2 aliphatic rings. The average Bonchev–Trinajstić information content (AvgIpc) is 3.41. The third-order valence-corrected chi connectivity index (χ3v) is 5.64. The first kappa shape index (κ1) is 15.7. The van der Waals surface area contributed by atoms with Crippen molar-refractivity contribution in [2.45, 2.75) is 51.1 Å². The minimum absolute atomic E-state index is 0.161. The monoisotopic (exact) mass is 370 g/mol. The van der Waals surface area contributed by atoms with E-state index in [2.05, 4.69) is 32.0 Å². The molecule has 0 radical (unpaired) electrons. The van der Waals surface area contributed by atoms with E-state index in [0.717, 1.165) is 23.8 Å². The number of anilines is 1. The van der Waals surface area contributed by atoms with Crippen LogP contribution in [0, 0.1) is 0 Å². The van der Waals surface area contributed by atoms with Gasteiger partial charge in [-0.3, -0.25) is 9.13 Å². The zero-order valence-corrected chi connectivity index (χ0v) is 15.2. The second kappa shape index (κ2) is 6.05. The van der Waals surface area contributed by atoms with Gasteiger partial charge < -0.3 is 4.90 Å². The maximum Gasteiger partial charge on any atom is 0.238 e. The van der Waals surface area contributed by atoms with Crippen LogP contribution in [0.5, 0.6) is 0 Å². The number of hydrogen-bond acceptors (Lipinski definition) is 6. The van der Waals surface area contributed by atoms with E-state index < -0.39 is 0 Å². The predicted molar refractivity (Wildman–Crippen MR) is 96.8 cm³/mol. The van der Waals surface area contributed by atoms with E-state index in [1.54, 1.807) is 23.3 Å². The topological polar surface area (TPSA) is 77.5 Å². The summed E-state index contributed by atoms with van der Waals surface area (Å²) in [5, 5.41) is 8.89. The van der Waals surface area contributed by atoms with E-state index in [4.69, 9.17) is 16.6 Å². The summed E-state index contributed by atoms with van der Waals surface area (Å²) in [5.41, 5.74) is 0.918. The summed E-state index contributed by atoms with van der Waals surface area (Å²) in [5.74, 6) is 2.41. The third kappa shape index (κ3) is 2.25. The van der Waals surface area contributed by atoms with E-state index in [0.29, 0.717) is 17.3 Å². The molecule has 0 N–H and O–H groups in total. The average molecular weight is 371 g/mol. The Kier molecular flexibility index (Phi) is 3.66. The summed E-state index contributed by atoms with van der Waals surface area (Å²) in [4.78, 5) is 15.9. The van der Waals surface area contributed by atoms with Gasteiger partial charge in [-0.1, -0.05) is 19.8 Å². The Balaban J connectivity index is 1.71. The molecule has 1 aliphatic heterocycles. The summed E-state index contributed by atoms with van der Waals surface area (Å²) >= 11 is 6.17. The second-order valence-corrected chi connectivity index (χ2v) is 7.11. The van der Waals surface area contributed by atoms with Crippen LogP contribution in [0.3, 0.4) is 0 Å². The van der Waals surface area contributed by atoms with Crippen LogP contribution in [0.15, 0.2) is 24.9 Å². The standard InChI is InChI=1S/C17H19ClN8/c1-2-12-15-23-21-10-25(15)13-9-20-17(24-8-7-19-16(24)18)22-14(13)26(12)11-5-3-4-6-11/h7-12H,2-6H2,1H3/t12-/m1/s1. The Labute approximate surface area is 155 Å². The fourth-order valence-electron chi connectivity index (χ4n) is 4.19. The van der Waals surface area contributed by atoms with E-state index in [9.17, 15) is 0 Å². The summed E-state index contributed by atoms with van der Waals surface area (Å²) in [6, 6.07) is 0.624. The van der Waals surface area contributed by atoms with Gasteiger partial charge >= 0.3 is 0 Å². The van der Waals surface area contributed by atoms with Gasteiger partial charge in [-0.25, -0.2) is 9.97 Å². The lowest BCUT2D eigenvalue weighted by Crippen LogP contribution is -2.42. The molecule has 0 spiro atoms. The van der Waals surface area contributed by atoms with Crippen molar-refractivity contribution in [3.63, 3.8) is 0 Å². The van der Waals surface area contributed by atoms with Gasteiger partial charge in [-0.2, -0.15) is 4.98 Å². The molecule has 4 heterocycles. The number of nitrogens with zero attached hydrogens (tertiary/aromatic N) is 8. The van der Waals surface area contributed by atoms with Gasteiger partial charge in [0.15, 0.2) is 11.6 Å². The summed E-state index contributed by atoms with van der Waals surface area (Å²) in [6.07, 6.45) is 12.8. The normalized spacial score (nSPS) is 19.6. The molecule has 5 rings (SSSR count). The summed E-state index contributed by atoms with van der Waals surface area (Å²) in [7, 11) is 0. The zero-order valence-electron chi connectivity index (χ0n) is 14.5. The lowest BCUT2D eigenvalue weighted by atomic mass is 10.0. The molecule has 1 fully saturated rings. The molecular formula is C17H19ClN8. The van der Waals surface area contributed by atoms with Crippen molar-refractivity contribution in [3.05, 3.63) is 36.0 Å². The van der Waals surface area contributed by atoms with E-state index >= 15 is 0 Å². The Morgan fingerprint density at radius 1 is 1.19 bits per heavy atom. The van der Waals surface area contributed by atoms with Crippen molar-refractivity contribution < 1.29 is 0 Å². The van der Waals surface area contributed by atoms with Crippen molar-refractivity contribution in [1.29, 1.82) is 0 Å². The number of imidazole rings is 1. The van der Waals surface area contributed by atoms with Gasteiger partial charge in [0.1, 0.15) is 12.0 Å². The Morgan fingerprint density at radius 2 is 2.04 bits per heavy atom. The molecule has 134 valence electrons. The van der Waals surface area contributed by atoms with E-state index in [-0.39, 0.29) is 6.04 Å². The van der Waals surface area contributed by atoms with Crippen LogP contribution in [-0.4, -0.2) is 40.3 Å².